The van der Waals surface area contributed by atoms with Crippen LogP contribution >= 0.6 is 0 Å². The molecule has 41 heavy (non-hydrogen) atoms. The van der Waals surface area contributed by atoms with Crippen molar-refractivity contribution in [2.75, 3.05) is 37.6 Å². The van der Waals surface area contributed by atoms with E-state index in [0.29, 0.717) is 49.9 Å². The highest BCUT2D eigenvalue weighted by Gasteiger charge is 2.35. The van der Waals surface area contributed by atoms with Crippen LogP contribution in [0.3, 0.4) is 0 Å². The molecule has 0 aliphatic carbocycles. The van der Waals surface area contributed by atoms with Gasteiger partial charge in [0, 0.05) is 50.9 Å². The molecule has 1 aromatic heterocycles. The van der Waals surface area contributed by atoms with Crippen LogP contribution in [-0.4, -0.2) is 63.6 Å². The maximum atomic E-state index is 14.0. The molecule has 9 heteroatoms. The molecule has 1 aliphatic rings. The first kappa shape index (κ1) is 32.4. The van der Waals surface area contributed by atoms with Gasteiger partial charge >= 0.3 is 5.69 Å². The average molecular weight is 568 g/mol. The number of benzene rings is 1. The number of rotatable bonds is 8. The predicted molar refractivity (Wildman–Crippen MR) is 164 cm³/mol. The van der Waals surface area contributed by atoms with Gasteiger partial charge in [0.15, 0.2) is 0 Å². The van der Waals surface area contributed by atoms with Crippen molar-refractivity contribution in [3.8, 4) is 11.8 Å². The third kappa shape index (κ3) is 7.41. The molecule has 0 radical (unpaired) electrons. The number of hydrogen-bond acceptors (Lipinski definition) is 7. The molecule has 1 aromatic carbocycles. The predicted octanol–water partition coefficient (Wildman–Crippen LogP) is 4.44. The van der Waals surface area contributed by atoms with E-state index < -0.39 is 11.7 Å². The van der Waals surface area contributed by atoms with E-state index in [1.54, 1.807) is 30.3 Å². The summed E-state index contributed by atoms with van der Waals surface area (Å²) in [6, 6.07) is 10.2. The van der Waals surface area contributed by atoms with E-state index in [1.807, 2.05) is 53.0 Å². The molecule has 1 fully saturated rings. The summed E-state index contributed by atoms with van der Waals surface area (Å²) in [5.74, 6) is 1.25. The number of piperazine rings is 1. The molecule has 3 unspecified atom stereocenters. The fourth-order valence-corrected chi connectivity index (χ4v) is 4.89. The lowest BCUT2D eigenvalue weighted by Crippen LogP contribution is -2.55. The number of β-amino-alcohol motifs (C(OH)–C–C–N with tert-alkyl or cyclic N) is 1. The quantitative estimate of drug-likeness (QED) is 0.503. The first-order chi connectivity index (χ1) is 18.9. The normalized spacial score (nSPS) is 17.6. The van der Waals surface area contributed by atoms with Crippen LogP contribution in [0.4, 0.5) is 5.82 Å². The van der Waals surface area contributed by atoms with E-state index in [1.165, 1.54) is 4.57 Å². The Morgan fingerprint density at radius 1 is 0.878 bits per heavy atom. The Morgan fingerprint density at radius 2 is 1.39 bits per heavy atom. The summed E-state index contributed by atoms with van der Waals surface area (Å²) in [7, 11) is 0. The number of nitrogens with zero attached hydrogens (tertiary/aromatic N) is 5. The summed E-state index contributed by atoms with van der Waals surface area (Å²) in [6.45, 7) is 23.1. The lowest BCUT2D eigenvalue weighted by Gasteiger charge is -2.41. The molecule has 9 nitrogen and oxygen atoms in total. The van der Waals surface area contributed by atoms with Crippen LogP contribution in [0.2, 0.25) is 0 Å². The highest BCUT2D eigenvalue weighted by molar-refractivity contribution is 5.40. The Hall–Kier alpha value is -3.09. The summed E-state index contributed by atoms with van der Waals surface area (Å²) >= 11 is 0. The Kier molecular flexibility index (Phi) is 9.51. The average Bonchev–Trinajstić information content (AvgIpc) is 2.87. The molecule has 2 heterocycles. The van der Waals surface area contributed by atoms with Crippen molar-refractivity contribution in [1.82, 2.24) is 14.0 Å². The smallest absolute Gasteiger partial charge is 0.333 e. The molecule has 1 saturated heterocycles. The minimum absolute atomic E-state index is 0.135. The van der Waals surface area contributed by atoms with Gasteiger partial charge in [-0.3, -0.25) is 18.8 Å². The SMILES string of the molecule is CC(n1c(N2CCN(CC(O)C(C)(C)Oc3ccc(C#N)cc3)CC2)cc(=O)n(C(C)C(C)(C)C)c1=O)C(C)(C)C. The van der Waals surface area contributed by atoms with Gasteiger partial charge in [-0.25, -0.2) is 4.79 Å². The Labute approximate surface area is 245 Å². The molecular formula is C32H49N5O4. The third-order valence-corrected chi connectivity index (χ3v) is 8.72. The third-order valence-electron chi connectivity index (χ3n) is 8.72. The minimum atomic E-state index is -0.845. The second kappa shape index (κ2) is 12.0. The number of aliphatic hydroxyl groups excluding tert-OH is 1. The van der Waals surface area contributed by atoms with Crippen LogP contribution in [0.25, 0.3) is 0 Å². The van der Waals surface area contributed by atoms with Crippen LogP contribution in [0.15, 0.2) is 39.9 Å². The molecule has 2 aromatic rings. The number of hydrogen-bond donors (Lipinski definition) is 1. The Morgan fingerprint density at radius 3 is 1.88 bits per heavy atom. The van der Waals surface area contributed by atoms with E-state index in [-0.39, 0.29) is 34.2 Å². The standard InChI is InChI=1S/C32H49N5O4/c1-22(30(3,4)5)36-27(19-28(39)37(29(36)40)23(2)31(6,7)8)35-17-15-34(16-18-35)21-26(38)32(9,10)41-25-13-11-24(20-33)12-14-25/h11-14,19,22-23,26,38H,15-18,21H2,1-10H3. The monoisotopic (exact) mass is 567 g/mol. The highest BCUT2D eigenvalue weighted by atomic mass is 16.5. The lowest BCUT2D eigenvalue weighted by atomic mass is 9.87. The van der Waals surface area contributed by atoms with Crippen molar-refractivity contribution >= 4 is 5.82 Å². The molecule has 0 bridgehead atoms. The molecule has 0 amide bonds. The molecule has 226 valence electrons. The summed E-state index contributed by atoms with van der Waals surface area (Å²) in [6.07, 6.45) is -0.758. The number of aromatic nitrogens is 2. The summed E-state index contributed by atoms with van der Waals surface area (Å²) < 4.78 is 9.30. The van der Waals surface area contributed by atoms with Gasteiger partial charge in [-0.05, 0) is 62.8 Å². The van der Waals surface area contributed by atoms with E-state index >= 15 is 0 Å². The van der Waals surface area contributed by atoms with Gasteiger partial charge in [0.2, 0.25) is 0 Å². The number of anilines is 1. The Balaban J connectivity index is 1.80. The molecular weight excluding hydrogens is 518 g/mol. The van der Waals surface area contributed by atoms with Crippen LogP contribution in [0, 0.1) is 22.2 Å². The van der Waals surface area contributed by atoms with Gasteiger partial charge < -0.3 is 14.7 Å². The van der Waals surface area contributed by atoms with Crippen LogP contribution in [0.5, 0.6) is 5.75 Å². The number of aliphatic hydroxyl groups is 1. The number of ether oxygens (including phenoxy) is 1. The second-order valence-corrected chi connectivity index (χ2v) is 14.1. The minimum Gasteiger partial charge on any atom is -0.485 e. The first-order valence-electron chi connectivity index (χ1n) is 14.6. The zero-order chi connectivity index (χ0) is 30.9. The summed E-state index contributed by atoms with van der Waals surface area (Å²) in [5.41, 5.74) is -1.28. The zero-order valence-corrected chi connectivity index (χ0v) is 26.6. The van der Waals surface area contributed by atoms with Crippen molar-refractivity contribution in [1.29, 1.82) is 5.26 Å². The Bertz CT molecular complexity index is 1350. The van der Waals surface area contributed by atoms with E-state index in [0.717, 1.165) is 0 Å². The summed E-state index contributed by atoms with van der Waals surface area (Å²) in [4.78, 5) is 31.6. The molecule has 0 saturated carbocycles. The fourth-order valence-electron chi connectivity index (χ4n) is 4.89. The van der Waals surface area contributed by atoms with Crippen molar-refractivity contribution < 1.29 is 9.84 Å². The van der Waals surface area contributed by atoms with Gasteiger partial charge in [-0.2, -0.15) is 5.26 Å². The van der Waals surface area contributed by atoms with Crippen molar-refractivity contribution in [3.05, 3.63) is 56.7 Å². The summed E-state index contributed by atoms with van der Waals surface area (Å²) in [5, 5.41) is 20.1. The van der Waals surface area contributed by atoms with E-state index in [2.05, 4.69) is 36.6 Å². The highest BCUT2D eigenvalue weighted by Crippen LogP contribution is 2.33. The zero-order valence-electron chi connectivity index (χ0n) is 26.6. The van der Waals surface area contributed by atoms with Crippen LogP contribution < -0.4 is 20.9 Å². The maximum Gasteiger partial charge on any atom is 0.333 e. The fraction of sp³-hybridized carbons (Fsp3) is 0.656. The van der Waals surface area contributed by atoms with Crippen molar-refractivity contribution in [2.45, 2.75) is 93.0 Å². The van der Waals surface area contributed by atoms with Gasteiger partial charge in [-0.15, -0.1) is 0 Å². The van der Waals surface area contributed by atoms with Crippen LogP contribution in [-0.2, 0) is 0 Å². The lowest BCUT2D eigenvalue weighted by molar-refractivity contribution is -0.0449. The van der Waals surface area contributed by atoms with Gasteiger partial charge in [0.25, 0.3) is 5.56 Å². The largest absolute Gasteiger partial charge is 0.485 e. The molecule has 0 spiro atoms. The van der Waals surface area contributed by atoms with Crippen LogP contribution in [0.1, 0.15) is 86.9 Å². The van der Waals surface area contributed by atoms with Gasteiger partial charge in [0.05, 0.1) is 11.6 Å². The maximum absolute atomic E-state index is 14.0. The van der Waals surface area contributed by atoms with E-state index in [4.69, 9.17) is 10.00 Å². The number of nitriles is 1. The topological polar surface area (TPSA) is 104 Å². The first-order valence-corrected chi connectivity index (χ1v) is 14.6. The van der Waals surface area contributed by atoms with Gasteiger partial charge in [0.1, 0.15) is 23.3 Å². The molecule has 1 N–H and O–H groups in total. The molecule has 3 rings (SSSR count). The molecule has 1 aliphatic heterocycles. The van der Waals surface area contributed by atoms with Crippen molar-refractivity contribution in [2.24, 2.45) is 10.8 Å². The van der Waals surface area contributed by atoms with Gasteiger partial charge in [-0.1, -0.05) is 41.5 Å². The van der Waals surface area contributed by atoms with E-state index in [9.17, 15) is 14.7 Å². The molecule has 3 atom stereocenters. The second-order valence-electron chi connectivity index (χ2n) is 14.1. The van der Waals surface area contributed by atoms with Crippen molar-refractivity contribution in [3.63, 3.8) is 0 Å².